The molecule has 1 saturated carbocycles. The summed E-state index contributed by atoms with van der Waals surface area (Å²) in [6.45, 7) is 0.330. The van der Waals surface area contributed by atoms with E-state index in [1.54, 1.807) is 0 Å². The molecule has 2 atom stereocenters. The van der Waals surface area contributed by atoms with Crippen LogP contribution >= 0.6 is 0 Å². The van der Waals surface area contributed by atoms with E-state index in [1.165, 1.54) is 31.4 Å². The minimum atomic E-state index is -2.96. The zero-order chi connectivity index (χ0) is 23.9. The Morgan fingerprint density at radius 3 is 2.74 bits per heavy atom. The molecule has 0 unspecified atom stereocenters. The summed E-state index contributed by atoms with van der Waals surface area (Å²) in [5.74, 6) is -4.80. The Labute approximate surface area is 194 Å². The lowest BCUT2D eigenvalue weighted by Gasteiger charge is -2.35. The molecule has 10 heteroatoms. The second-order valence-corrected chi connectivity index (χ2v) is 8.79. The van der Waals surface area contributed by atoms with Gasteiger partial charge < -0.3 is 23.8 Å². The first-order valence-electron chi connectivity index (χ1n) is 11.2. The second kappa shape index (κ2) is 9.07. The number of alkyl halides is 2. The molecule has 3 aliphatic rings. The molecule has 0 amide bonds. The van der Waals surface area contributed by atoms with Gasteiger partial charge in [-0.05, 0) is 31.4 Å². The zero-order valence-electron chi connectivity index (χ0n) is 18.6. The lowest BCUT2D eigenvalue weighted by Crippen LogP contribution is -2.45. The van der Waals surface area contributed by atoms with Gasteiger partial charge in [-0.15, -0.1) is 0 Å². The lowest BCUT2D eigenvalue weighted by atomic mass is 10.0. The monoisotopic (exact) mass is 478 g/mol. The summed E-state index contributed by atoms with van der Waals surface area (Å²) in [6, 6.07) is 6.79. The van der Waals surface area contributed by atoms with E-state index in [1.807, 2.05) is 4.90 Å². The number of nitrogens with zero attached hydrogens (tertiary/aromatic N) is 2. The number of ether oxygens (including phenoxy) is 4. The molecule has 0 bridgehead atoms. The number of benzene rings is 1. The SMILES string of the molecule is COc1nc(C(=O)c2cccc(F)c2)c(N2CC[C@H]3OCO[C@@H]3C2)cc1OCC(F)(F)C1CC1. The van der Waals surface area contributed by atoms with E-state index < -0.39 is 30.0 Å². The molecule has 1 aromatic heterocycles. The largest absolute Gasteiger partial charge is 0.482 e. The quantitative estimate of drug-likeness (QED) is 0.534. The van der Waals surface area contributed by atoms with E-state index in [0.717, 1.165) is 6.07 Å². The molecule has 34 heavy (non-hydrogen) atoms. The molecular weight excluding hydrogens is 453 g/mol. The average Bonchev–Trinajstić information content (AvgIpc) is 3.60. The molecule has 3 fully saturated rings. The summed E-state index contributed by atoms with van der Waals surface area (Å²) in [7, 11) is 1.32. The molecule has 7 nitrogen and oxygen atoms in total. The number of anilines is 1. The van der Waals surface area contributed by atoms with E-state index in [0.29, 0.717) is 38.0 Å². The molecule has 182 valence electrons. The number of carbonyl (C=O) groups is 1. The first-order valence-corrected chi connectivity index (χ1v) is 11.2. The van der Waals surface area contributed by atoms with Crippen LogP contribution < -0.4 is 14.4 Å². The number of pyridine rings is 1. The van der Waals surface area contributed by atoms with Gasteiger partial charge in [0.2, 0.25) is 5.78 Å². The third-order valence-electron chi connectivity index (χ3n) is 6.43. The van der Waals surface area contributed by atoms with Gasteiger partial charge >= 0.3 is 0 Å². The fourth-order valence-electron chi connectivity index (χ4n) is 4.37. The highest BCUT2D eigenvalue weighted by Gasteiger charge is 2.47. The maximum Gasteiger partial charge on any atom is 0.284 e. The molecule has 2 aliphatic heterocycles. The Hall–Kier alpha value is -2.85. The van der Waals surface area contributed by atoms with Crippen LogP contribution in [0.25, 0.3) is 0 Å². The highest BCUT2D eigenvalue weighted by Crippen LogP contribution is 2.44. The maximum atomic E-state index is 14.3. The topological polar surface area (TPSA) is 70.1 Å². The molecule has 5 rings (SSSR count). The van der Waals surface area contributed by atoms with Crippen molar-refractivity contribution in [3.05, 3.63) is 47.4 Å². The van der Waals surface area contributed by atoms with Gasteiger partial charge in [0.15, 0.2) is 12.4 Å². The van der Waals surface area contributed by atoms with Crippen molar-refractivity contribution >= 4 is 11.5 Å². The third-order valence-corrected chi connectivity index (χ3v) is 6.43. The zero-order valence-corrected chi connectivity index (χ0v) is 18.6. The van der Waals surface area contributed by atoms with Gasteiger partial charge in [-0.1, -0.05) is 12.1 Å². The lowest BCUT2D eigenvalue weighted by molar-refractivity contribution is -0.0607. The summed E-state index contributed by atoms with van der Waals surface area (Å²) in [6.07, 6.45) is 1.35. The molecule has 2 aromatic rings. The normalized spacial score (nSPS) is 22.4. The number of piperidine rings is 1. The van der Waals surface area contributed by atoms with E-state index in [2.05, 4.69) is 4.98 Å². The van der Waals surface area contributed by atoms with Gasteiger partial charge in [-0.25, -0.2) is 18.2 Å². The molecule has 2 saturated heterocycles. The van der Waals surface area contributed by atoms with Crippen LogP contribution in [0, 0.1) is 11.7 Å². The predicted molar refractivity (Wildman–Crippen MR) is 115 cm³/mol. The van der Waals surface area contributed by atoms with Gasteiger partial charge in [0.05, 0.1) is 18.9 Å². The minimum absolute atomic E-state index is 0.0133. The van der Waals surface area contributed by atoms with Crippen molar-refractivity contribution in [1.82, 2.24) is 4.98 Å². The van der Waals surface area contributed by atoms with Crippen LogP contribution in [-0.2, 0) is 9.47 Å². The van der Waals surface area contributed by atoms with Crippen molar-refractivity contribution in [2.24, 2.45) is 5.92 Å². The Bertz CT molecular complexity index is 1080. The van der Waals surface area contributed by atoms with Gasteiger partial charge in [-0.3, -0.25) is 4.79 Å². The summed E-state index contributed by atoms with van der Waals surface area (Å²) < 4.78 is 64.3. The highest BCUT2D eigenvalue weighted by molar-refractivity contribution is 6.11. The molecule has 1 aromatic carbocycles. The van der Waals surface area contributed by atoms with Crippen molar-refractivity contribution < 1.29 is 36.9 Å². The number of aromatic nitrogens is 1. The number of methoxy groups -OCH3 is 1. The summed E-state index contributed by atoms with van der Waals surface area (Å²) in [5, 5.41) is 0. The number of carbonyl (C=O) groups excluding carboxylic acids is 1. The van der Waals surface area contributed by atoms with Crippen molar-refractivity contribution in [3.8, 4) is 11.6 Å². The van der Waals surface area contributed by atoms with Crippen molar-refractivity contribution in [1.29, 1.82) is 0 Å². The molecule has 0 radical (unpaired) electrons. The van der Waals surface area contributed by atoms with Crippen LogP contribution in [0.1, 0.15) is 35.3 Å². The van der Waals surface area contributed by atoms with E-state index >= 15 is 0 Å². The number of hydrogen-bond donors (Lipinski definition) is 0. The van der Waals surface area contributed by atoms with Crippen LogP contribution in [0.4, 0.5) is 18.9 Å². The fraction of sp³-hybridized carbons (Fsp3) is 0.500. The van der Waals surface area contributed by atoms with Crippen LogP contribution in [-0.4, -0.2) is 62.5 Å². The van der Waals surface area contributed by atoms with E-state index in [4.69, 9.17) is 18.9 Å². The Balaban J connectivity index is 1.51. The van der Waals surface area contributed by atoms with Crippen molar-refractivity contribution in [2.75, 3.05) is 38.5 Å². The predicted octanol–water partition coefficient (Wildman–Crippen LogP) is 3.84. The number of ketones is 1. The summed E-state index contributed by atoms with van der Waals surface area (Å²) in [5.41, 5.74) is 0.509. The third kappa shape index (κ3) is 4.56. The van der Waals surface area contributed by atoms with Gasteiger partial charge in [0, 0.05) is 30.6 Å². The van der Waals surface area contributed by atoms with Crippen molar-refractivity contribution in [2.45, 2.75) is 37.4 Å². The van der Waals surface area contributed by atoms with Crippen LogP contribution in [0.2, 0.25) is 0 Å². The molecule has 0 spiro atoms. The molecule has 0 N–H and O–H groups in total. The fourth-order valence-corrected chi connectivity index (χ4v) is 4.37. The maximum absolute atomic E-state index is 14.3. The number of hydrogen-bond acceptors (Lipinski definition) is 7. The number of fused-ring (bicyclic) bond motifs is 1. The first-order chi connectivity index (χ1) is 16.4. The van der Waals surface area contributed by atoms with Gasteiger partial charge in [0.1, 0.15) is 24.4 Å². The van der Waals surface area contributed by atoms with Crippen molar-refractivity contribution in [3.63, 3.8) is 0 Å². The smallest absolute Gasteiger partial charge is 0.284 e. The Kier molecular flexibility index (Phi) is 6.11. The summed E-state index contributed by atoms with van der Waals surface area (Å²) >= 11 is 0. The van der Waals surface area contributed by atoms with Gasteiger partial charge in [0.25, 0.3) is 11.8 Å². The Morgan fingerprint density at radius 2 is 2.00 bits per heavy atom. The standard InChI is InChI=1S/C24H25F3N2O5/c1-31-23-19(32-12-24(26,27)15-5-6-15)10-17(29-8-7-18-20(11-29)34-13-33-18)21(28-23)22(30)14-3-2-4-16(25)9-14/h2-4,9-10,15,18,20H,5-8,11-13H2,1H3/t18-,20-/m1/s1. The molecule has 1 aliphatic carbocycles. The second-order valence-electron chi connectivity index (χ2n) is 8.79. The Morgan fingerprint density at radius 1 is 1.21 bits per heavy atom. The number of rotatable bonds is 8. The van der Waals surface area contributed by atoms with Crippen LogP contribution in [0.3, 0.4) is 0 Å². The van der Waals surface area contributed by atoms with E-state index in [9.17, 15) is 18.0 Å². The number of halogens is 3. The first kappa shape index (κ1) is 22.9. The molecular formula is C24H25F3N2O5. The van der Waals surface area contributed by atoms with Crippen LogP contribution in [0.15, 0.2) is 30.3 Å². The highest BCUT2D eigenvalue weighted by atomic mass is 19.3. The summed E-state index contributed by atoms with van der Waals surface area (Å²) in [4.78, 5) is 19.6. The average molecular weight is 478 g/mol. The minimum Gasteiger partial charge on any atom is -0.482 e. The van der Waals surface area contributed by atoms with E-state index in [-0.39, 0.29) is 41.9 Å². The van der Waals surface area contributed by atoms with Crippen LogP contribution in [0.5, 0.6) is 11.6 Å². The molecule has 3 heterocycles. The van der Waals surface area contributed by atoms with Gasteiger partial charge in [-0.2, -0.15) is 0 Å².